The van der Waals surface area contributed by atoms with E-state index in [0.29, 0.717) is 38.4 Å². The minimum absolute atomic E-state index is 0.144. The van der Waals surface area contributed by atoms with Crippen LogP contribution in [0.15, 0.2) is 24.3 Å². The third-order valence-corrected chi connectivity index (χ3v) is 5.13. The number of ether oxygens (including phenoxy) is 1. The fraction of sp³-hybridized carbons (Fsp3) is 0.455. The number of benzene rings is 1. The maximum Gasteiger partial charge on any atom is 0.325 e. The zero-order valence-electron chi connectivity index (χ0n) is 18.2. The number of aromatic nitrogens is 2. The lowest BCUT2D eigenvalue weighted by atomic mass is 10.0. The van der Waals surface area contributed by atoms with Gasteiger partial charge in [0.25, 0.3) is 0 Å². The van der Waals surface area contributed by atoms with Crippen molar-refractivity contribution in [2.45, 2.75) is 27.2 Å². The standard InChI is InChI=1S/C22H28FN5O3/c1-4-31-20(29)14-24-22(30)28-10-8-27(9-11-28)21-19(15(2)25-16(3)26-21)13-17-6-5-7-18(23)12-17/h5-7,12H,4,8-11,13-14H2,1-3H3,(H,24,30). The van der Waals surface area contributed by atoms with Gasteiger partial charge in [-0.1, -0.05) is 12.1 Å². The highest BCUT2D eigenvalue weighted by atomic mass is 19.1. The third-order valence-electron chi connectivity index (χ3n) is 5.13. The van der Waals surface area contributed by atoms with E-state index in [1.54, 1.807) is 17.9 Å². The number of carbonyl (C=O) groups is 2. The van der Waals surface area contributed by atoms with E-state index in [0.717, 1.165) is 22.6 Å². The third kappa shape index (κ3) is 5.90. The predicted molar refractivity (Wildman–Crippen MR) is 115 cm³/mol. The molecule has 0 radical (unpaired) electrons. The van der Waals surface area contributed by atoms with Crippen molar-refractivity contribution in [2.75, 3.05) is 44.2 Å². The van der Waals surface area contributed by atoms with Crippen molar-refractivity contribution in [3.05, 3.63) is 52.7 Å². The lowest BCUT2D eigenvalue weighted by Gasteiger charge is -2.36. The van der Waals surface area contributed by atoms with Gasteiger partial charge in [-0.05, 0) is 38.5 Å². The lowest BCUT2D eigenvalue weighted by Crippen LogP contribution is -2.53. The van der Waals surface area contributed by atoms with E-state index in [-0.39, 0.29) is 25.0 Å². The van der Waals surface area contributed by atoms with Crippen LogP contribution in [0.2, 0.25) is 0 Å². The first-order valence-corrected chi connectivity index (χ1v) is 10.4. The summed E-state index contributed by atoms with van der Waals surface area (Å²) in [5.74, 6) is 0.765. The van der Waals surface area contributed by atoms with E-state index < -0.39 is 5.97 Å². The van der Waals surface area contributed by atoms with Gasteiger partial charge in [0.1, 0.15) is 24.0 Å². The number of anilines is 1. The maximum atomic E-state index is 13.7. The summed E-state index contributed by atoms with van der Waals surface area (Å²) in [5.41, 5.74) is 2.67. The first-order valence-electron chi connectivity index (χ1n) is 10.4. The van der Waals surface area contributed by atoms with Crippen LogP contribution < -0.4 is 10.2 Å². The molecule has 1 aliphatic rings. The summed E-state index contributed by atoms with van der Waals surface area (Å²) >= 11 is 0. The zero-order valence-corrected chi connectivity index (χ0v) is 18.2. The van der Waals surface area contributed by atoms with Crippen LogP contribution in [0.1, 0.15) is 29.6 Å². The number of aryl methyl sites for hydroxylation is 2. The molecular weight excluding hydrogens is 401 g/mol. The SMILES string of the molecule is CCOC(=O)CNC(=O)N1CCN(c2nc(C)nc(C)c2Cc2cccc(F)c2)CC1. The van der Waals surface area contributed by atoms with E-state index >= 15 is 0 Å². The van der Waals surface area contributed by atoms with E-state index in [1.165, 1.54) is 12.1 Å². The summed E-state index contributed by atoms with van der Waals surface area (Å²) in [4.78, 5) is 36.7. The molecule has 2 aromatic rings. The van der Waals surface area contributed by atoms with Gasteiger partial charge < -0.3 is 19.9 Å². The van der Waals surface area contributed by atoms with E-state index in [9.17, 15) is 14.0 Å². The normalized spacial score (nSPS) is 13.8. The number of rotatable bonds is 6. The van der Waals surface area contributed by atoms with Gasteiger partial charge in [0.2, 0.25) is 0 Å². The van der Waals surface area contributed by atoms with Crippen molar-refractivity contribution in [1.82, 2.24) is 20.2 Å². The molecule has 1 aromatic carbocycles. The Hall–Kier alpha value is -3.23. The van der Waals surface area contributed by atoms with Crippen molar-refractivity contribution in [2.24, 2.45) is 0 Å². The van der Waals surface area contributed by atoms with Gasteiger partial charge in [-0.25, -0.2) is 19.2 Å². The first-order chi connectivity index (χ1) is 14.9. The second kappa shape index (κ2) is 10.2. The number of esters is 1. The number of nitrogens with zero attached hydrogens (tertiary/aromatic N) is 4. The molecule has 1 N–H and O–H groups in total. The molecule has 0 atom stereocenters. The molecule has 2 heterocycles. The van der Waals surface area contributed by atoms with Gasteiger partial charge in [0, 0.05) is 43.9 Å². The Kier molecular flexibility index (Phi) is 7.38. The van der Waals surface area contributed by atoms with Crippen molar-refractivity contribution >= 4 is 17.8 Å². The Morgan fingerprint density at radius 2 is 1.90 bits per heavy atom. The molecule has 31 heavy (non-hydrogen) atoms. The molecule has 2 amide bonds. The summed E-state index contributed by atoms with van der Waals surface area (Å²) < 4.78 is 18.5. The van der Waals surface area contributed by atoms with Crippen LogP contribution in [-0.4, -0.2) is 66.2 Å². The van der Waals surface area contributed by atoms with Gasteiger partial charge in [-0.15, -0.1) is 0 Å². The lowest BCUT2D eigenvalue weighted by molar-refractivity contribution is -0.141. The topological polar surface area (TPSA) is 87.7 Å². The molecule has 0 aliphatic carbocycles. The van der Waals surface area contributed by atoms with Crippen molar-refractivity contribution in [3.63, 3.8) is 0 Å². The Labute approximate surface area is 181 Å². The van der Waals surface area contributed by atoms with Crippen LogP contribution in [0, 0.1) is 19.7 Å². The van der Waals surface area contributed by atoms with E-state index in [4.69, 9.17) is 4.74 Å². The molecule has 1 saturated heterocycles. The number of amides is 2. The van der Waals surface area contributed by atoms with Crippen LogP contribution in [-0.2, 0) is 16.0 Å². The number of hydrogen-bond acceptors (Lipinski definition) is 6. The smallest absolute Gasteiger partial charge is 0.325 e. The molecule has 8 nitrogen and oxygen atoms in total. The largest absolute Gasteiger partial charge is 0.465 e. The van der Waals surface area contributed by atoms with Gasteiger partial charge in [0.05, 0.1) is 6.61 Å². The molecule has 166 valence electrons. The second-order valence-corrected chi connectivity index (χ2v) is 7.40. The minimum Gasteiger partial charge on any atom is -0.465 e. The number of piperazine rings is 1. The van der Waals surface area contributed by atoms with Gasteiger partial charge in [-0.2, -0.15) is 0 Å². The summed E-state index contributed by atoms with van der Waals surface area (Å²) in [5, 5.41) is 2.59. The monoisotopic (exact) mass is 429 g/mol. The van der Waals surface area contributed by atoms with E-state index in [2.05, 4.69) is 20.2 Å². The fourth-order valence-electron chi connectivity index (χ4n) is 3.63. The Morgan fingerprint density at radius 1 is 1.16 bits per heavy atom. The summed E-state index contributed by atoms with van der Waals surface area (Å²) in [6.45, 7) is 7.83. The average Bonchev–Trinajstić information content (AvgIpc) is 2.74. The quantitative estimate of drug-likeness (QED) is 0.709. The van der Waals surface area contributed by atoms with Gasteiger partial charge in [-0.3, -0.25) is 4.79 Å². The Balaban J connectivity index is 1.68. The number of urea groups is 1. The molecule has 9 heteroatoms. The first kappa shape index (κ1) is 22.5. The molecule has 0 spiro atoms. The van der Waals surface area contributed by atoms with Crippen LogP contribution in [0.4, 0.5) is 15.0 Å². The minimum atomic E-state index is -0.455. The highest BCUT2D eigenvalue weighted by molar-refractivity contribution is 5.81. The molecule has 3 rings (SSSR count). The molecule has 1 fully saturated rings. The van der Waals surface area contributed by atoms with Gasteiger partial charge >= 0.3 is 12.0 Å². The van der Waals surface area contributed by atoms with E-state index in [1.807, 2.05) is 19.9 Å². The number of carbonyl (C=O) groups excluding carboxylic acids is 2. The van der Waals surface area contributed by atoms with Crippen molar-refractivity contribution in [1.29, 1.82) is 0 Å². The molecule has 0 saturated carbocycles. The number of nitrogens with one attached hydrogen (secondary N) is 1. The van der Waals surface area contributed by atoms with Crippen LogP contribution in [0.3, 0.4) is 0 Å². The van der Waals surface area contributed by atoms with Crippen molar-refractivity contribution in [3.8, 4) is 0 Å². The summed E-state index contributed by atoms with van der Waals surface area (Å²) in [6.07, 6.45) is 0.527. The number of hydrogen-bond donors (Lipinski definition) is 1. The second-order valence-electron chi connectivity index (χ2n) is 7.40. The fourth-order valence-corrected chi connectivity index (χ4v) is 3.63. The Morgan fingerprint density at radius 3 is 2.58 bits per heavy atom. The van der Waals surface area contributed by atoms with Gasteiger partial charge in [0.15, 0.2) is 0 Å². The number of halogens is 1. The molecule has 0 bridgehead atoms. The zero-order chi connectivity index (χ0) is 22.4. The Bertz CT molecular complexity index is 945. The molecule has 1 aromatic heterocycles. The average molecular weight is 429 g/mol. The predicted octanol–water partition coefficient (Wildman–Crippen LogP) is 2.22. The van der Waals surface area contributed by atoms with Crippen LogP contribution in [0.5, 0.6) is 0 Å². The highest BCUT2D eigenvalue weighted by Crippen LogP contribution is 2.25. The van der Waals surface area contributed by atoms with Crippen LogP contribution in [0.25, 0.3) is 0 Å². The molecular formula is C22H28FN5O3. The van der Waals surface area contributed by atoms with Crippen molar-refractivity contribution < 1.29 is 18.7 Å². The summed E-state index contributed by atoms with van der Waals surface area (Å²) in [6, 6.07) is 6.24. The van der Waals surface area contributed by atoms with Crippen LogP contribution >= 0.6 is 0 Å². The molecule has 0 unspecified atom stereocenters. The summed E-state index contributed by atoms with van der Waals surface area (Å²) in [7, 11) is 0. The highest BCUT2D eigenvalue weighted by Gasteiger charge is 2.25. The molecule has 1 aliphatic heterocycles. The maximum absolute atomic E-state index is 13.7.